The Morgan fingerprint density at radius 1 is 1.33 bits per heavy atom. The van der Waals surface area contributed by atoms with Gasteiger partial charge in [-0.15, -0.1) is 0 Å². The lowest BCUT2D eigenvalue weighted by Gasteiger charge is -2.17. The van der Waals surface area contributed by atoms with Crippen LogP contribution >= 0.6 is 0 Å². The van der Waals surface area contributed by atoms with Crippen molar-refractivity contribution in [2.75, 3.05) is 0 Å². The number of allylic oxidation sites excluding steroid dienone is 4. The Morgan fingerprint density at radius 3 is 2.83 bits per heavy atom. The molecule has 0 saturated heterocycles. The third kappa shape index (κ3) is 0.588. The second kappa shape index (κ2) is 1.90. The number of hydrogen-bond donors (Lipinski definition) is 0. The van der Waals surface area contributed by atoms with E-state index in [-0.39, 0.29) is 0 Å². The highest BCUT2D eigenvalue weighted by atomic mass is 16.1. The van der Waals surface area contributed by atoms with E-state index in [9.17, 15) is 4.79 Å². The molecule has 3 aliphatic rings. The maximum absolute atomic E-state index is 11.7. The Bertz CT molecular complexity index is 311. The summed E-state index contributed by atoms with van der Waals surface area (Å²) in [6.07, 6.45) is 7.97. The molecule has 1 heteroatoms. The minimum Gasteiger partial charge on any atom is -0.294 e. The molecule has 0 heterocycles. The maximum atomic E-state index is 11.7. The molecule has 3 rings (SSSR count). The molecule has 62 valence electrons. The van der Waals surface area contributed by atoms with Crippen LogP contribution < -0.4 is 0 Å². The van der Waals surface area contributed by atoms with E-state index in [2.05, 4.69) is 18.2 Å². The maximum Gasteiger partial charge on any atom is 0.162 e. The average molecular weight is 160 g/mol. The van der Waals surface area contributed by atoms with Gasteiger partial charge >= 0.3 is 0 Å². The zero-order chi connectivity index (χ0) is 8.29. The summed E-state index contributed by atoms with van der Waals surface area (Å²) in [4.78, 5) is 11.7. The molecular weight excluding hydrogens is 148 g/mol. The lowest BCUT2D eigenvalue weighted by Crippen LogP contribution is -2.20. The summed E-state index contributed by atoms with van der Waals surface area (Å²) in [5.41, 5.74) is 1.00. The molecule has 0 amide bonds. The minimum atomic E-state index is 0.333. The molecule has 0 aliphatic heterocycles. The normalized spacial score (nSPS) is 48.4. The van der Waals surface area contributed by atoms with Crippen LogP contribution in [0.25, 0.3) is 0 Å². The number of ketones is 1. The smallest absolute Gasteiger partial charge is 0.162 e. The van der Waals surface area contributed by atoms with Crippen LogP contribution in [0.15, 0.2) is 23.8 Å². The predicted octanol–water partition coefficient (Wildman–Crippen LogP) is 1.95. The van der Waals surface area contributed by atoms with Crippen molar-refractivity contribution >= 4 is 5.78 Å². The van der Waals surface area contributed by atoms with Crippen molar-refractivity contribution in [1.82, 2.24) is 0 Å². The van der Waals surface area contributed by atoms with Crippen LogP contribution in [0.4, 0.5) is 0 Å². The van der Waals surface area contributed by atoms with Crippen molar-refractivity contribution in [3.63, 3.8) is 0 Å². The summed E-state index contributed by atoms with van der Waals surface area (Å²) in [5.74, 6) is 2.56. The zero-order valence-corrected chi connectivity index (χ0v) is 7.16. The predicted molar refractivity (Wildman–Crippen MR) is 46.5 cm³/mol. The average Bonchev–Trinajstić information content (AvgIpc) is 2.66. The SMILES string of the molecule is CC1=CC2C3C=CC(C3)C2C1=O. The van der Waals surface area contributed by atoms with Gasteiger partial charge in [-0.3, -0.25) is 4.79 Å². The summed E-state index contributed by atoms with van der Waals surface area (Å²) >= 11 is 0. The minimum absolute atomic E-state index is 0.333. The van der Waals surface area contributed by atoms with Crippen molar-refractivity contribution in [1.29, 1.82) is 0 Å². The molecular formula is C11H12O. The number of carbonyl (C=O) groups is 1. The van der Waals surface area contributed by atoms with Crippen LogP contribution in [0.2, 0.25) is 0 Å². The van der Waals surface area contributed by atoms with Gasteiger partial charge in [0.15, 0.2) is 5.78 Å². The van der Waals surface area contributed by atoms with Crippen LogP contribution in [-0.4, -0.2) is 5.78 Å². The fraction of sp³-hybridized carbons (Fsp3) is 0.545. The monoisotopic (exact) mass is 160 g/mol. The molecule has 4 unspecified atom stereocenters. The second-order valence-corrected chi connectivity index (χ2v) is 4.27. The van der Waals surface area contributed by atoms with E-state index in [1.807, 2.05) is 6.92 Å². The summed E-state index contributed by atoms with van der Waals surface area (Å²) < 4.78 is 0. The Balaban J connectivity index is 2.07. The number of rotatable bonds is 0. The van der Waals surface area contributed by atoms with Gasteiger partial charge in [-0.25, -0.2) is 0 Å². The quantitative estimate of drug-likeness (QED) is 0.495. The summed E-state index contributed by atoms with van der Waals surface area (Å²) in [6.45, 7) is 1.96. The van der Waals surface area contributed by atoms with E-state index >= 15 is 0 Å². The summed E-state index contributed by atoms with van der Waals surface area (Å²) in [6, 6.07) is 0. The third-order valence-corrected chi connectivity index (χ3v) is 3.65. The van der Waals surface area contributed by atoms with Gasteiger partial charge in [0, 0.05) is 5.92 Å². The van der Waals surface area contributed by atoms with Crippen LogP contribution in [0.3, 0.4) is 0 Å². The van der Waals surface area contributed by atoms with Crippen molar-refractivity contribution in [2.24, 2.45) is 23.7 Å². The Labute approximate surface area is 72.2 Å². The molecule has 1 nitrogen and oxygen atoms in total. The standard InChI is InChI=1S/C11H12O/c1-6-4-9-7-2-3-8(5-7)10(9)11(6)12/h2-4,7-10H,5H2,1H3. The van der Waals surface area contributed by atoms with Gasteiger partial charge in [0.1, 0.15) is 0 Å². The lowest BCUT2D eigenvalue weighted by atomic mass is 9.85. The molecule has 12 heavy (non-hydrogen) atoms. The van der Waals surface area contributed by atoms with Gasteiger partial charge in [0.25, 0.3) is 0 Å². The first-order valence-corrected chi connectivity index (χ1v) is 4.68. The van der Waals surface area contributed by atoms with Crippen molar-refractivity contribution in [2.45, 2.75) is 13.3 Å². The number of hydrogen-bond acceptors (Lipinski definition) is 1. The summed E-state index contributed by atoms with van der Waals surface area (Å²) in [5, 5.41) is 0. The van der Waals surface area contributed by atoms with E-state index in [0.717, 1.165) is 5.57 Å². The molecule has 2 bridgehead atoms. The molecule has 1 fully saturated rings. The van der Waals surface area contributed by atoms with E-state index in [4.69, 9.17) is 0 Å². The topological polar surface area (TPSA) is 17.1 Å². The van der Waals surface area contributed by atoms with Crippen LogP contribution in [0, 0.1) is 23.7 Å². The highest BCUT2D eigenvalue weighted by molar-refractivity contribution is 6.00. The molecule has 0 N–H and O–H groups in total. The van der Waals surface area contributed by atoms with Crippen molar-refractivity contribution in [3.05, 3.63) is 23.8 Å². The molecule has 4 atom stereocenters. The molecule has 3 aliphatic carbocycles. The molecule has 0 aromatic heterocycles. The van der Waals surface area contributed by atoms with Gasteiger partial charge in [0.2, 0.25) is 0 Å². The fourth-order valence-electron chi connectivity index (χ4n) is 3.09. The number of carbonyl (C=O) groups excluding carboxylic acids is 1. The lowest BCUT2D eigenvalue weighted by molar-refractivity contribution is -0.119. The second-order valence-electron chi connectivity index (χ2n) is 4.27. The highest BCUT2D eigenvalue weighted by Crippen LogP contribution is 2.52. The zero-order valence-electron chi connectivity index (χ0n) is 7.16. The molecule has 0 aromatic carbocycles. The fourth-order valence-corrected chi connectivity index (χ4v) is 3.09. The van der Waals surface area contributed by atoms with Gasteiger partial charge in [-0.2, -0.15) is 0 Å². The van der Waals surface area contributed by atoms with Gasteiger partial charge in [-0.1, -0.05) is 18.2 Å². The highest BCUT2D eigenvalue weighted by Gasteiger charge is 2.50. The Kier molecular flexibility index (Phi) is 1.05. The first-order valence-electron chi connectivity index (χ1n) is 4.68. The van der Waals surface area contributed by atoms with Crippen LogP contribution in [0.5, 0.6) is 0 Å². The number of fused-ring (bicyclic) bond motifs is 5. The van der Waals surface area contributed by atoms with E-state index in [0.29, 0.717) is 29.5 Å². The van der Waals surface area contributed by atoms with Crippen LogP contribution in [-0.2, 0) is 4.79 Å². The first-order chi connectivity index (χ1) is 5.77. The largest absolute Gasteiger partial charge is 0.294 e. The van der Waals surface area contributed by atoms with E-state index in [1.54, 1.807) is 0 Å². The van der Waals surface area contributed by atoms with Crippen LogP contribution in [0.1, 0.15) is 13.3 Å². The summed E-state index contributed by atoms with van der Waals surface area (Å²) in [7, 11) is 0. The third-order valence-electron chi connectivity index (χ3n) is 3.65. The van der Waals surface area contributed by atoms with E-state index < -0.39 is 0 Å². The van der Waals surface area contributed by atoms with Gasteiger partial charge in [-0.05, 0) is 36.7 Å². The number of Topliss-reactive ketones (excluding diaryl/α,β-unsaturated/α-hetero) is 1. The Hall–Kier alpha value is -0.850. The molecule has 1 saturated carbocycles. The molecule has 0 radical (unpaired) electrons. The Morgan fingerprint density at radius 2 is 2.08 bits per heavy atom. The van der Waals surface area contributed by atoms with Crippen molar-refractivity contribution < 1.29 is 4.79 Å². The molecule has 0 aromatic rings. The van der Waals surface area contributed by atoms with Gasteiger partial charge in [0.05, 0.1) is 0 Å². The molecule has 0 spiro atoms. The van der Waals surface area contributed by atoms with E-state index in [1.165, 1.54) is 6.42 Å². The van der Waals surface area contributed by atoms with Crippen molar-refractivity contribution in [3.8, 4) is 0 Å². The first kappa shape index (κ1) is 6.64. The van der Waals surface area contributed by atoms with Gasteiger partial charge < -0.3 is 0 Å².